The molecule has 0 spiro atoms. The highest BCUT2D eigenvalue weighted by molar-refractivity contribution is 5.74. The van der Waals surface area contributed by atoms with Crippen molar-refractivity contribution in [1.29, 1.82) is 0 Å². The molecule has 5 heteroatoms. The number of hydrogen-bond donors (Lipinski definition) is 1. The number of ether oxygens (including phenoxy) is 1. The van der Waals surface area contributed by atoms with Crippen molar-refractivity contribution in [3.63, 3.8) is 0 Å². The van der Waals surface area contributed by atoms with Crippen LogP contribution in [0, 0.1) is 11.3 Å². The van der Waals surface area contributed by atoms with Crippen molar-refractivity contribution in [3.8, 4) is 0 Å². The Morgan fingerprint density at radius 1 is 1.17 bits per heavy atom. The minimum atomic E-state index is -0.360. The van der Waals surface area contributed by atoms with Gasteiger partial charge in [-0.3, -0.25) is 0 Å². The number of rotatable bonds is 6. The van der Waals surface area contributed by atoms with Gasteiger partial charge in [-0.25, -0.2) is 4.79 Å². The highest BCUT2D eigenvalue weighted by Crippen LogP contribution is 2.52. The van der Waals surface area contributed by atoms with Gasteiger partial charge in [0.05, 0.1) is 12.7 Å². The summed E-state index contributed by atoms with van der Waals surface area (Å²) in [6, 6.07) is 11.0. The van der Waals surface area contributed by atoms with Crippen LogP contribution in [-0.2, 0) is 4.74 Å². The molecule has 5 nitrogen and oxygen atoms in total. The molecule has 1 unspecified atom stereocenters. The van der Waals surface area contributed by atoms with Crippen molar-refractivity contribution < 1.29 is 14.6 Å². The topological polar surface area (TPSA) is 53.0 Å². The van der Waals surface area contributed by atoms with Crippen LogP contribution in [0.4, 0.5) is 4.79 Å². The normalized spacial score (nSPS) is 29.0. The van der Waals surface area contributed by atoms with Crippen molar-refractivity contribution in [3.05, 3.63) is 35.9 Å². The van der Waals surface area contributed by atoms with E-state index < -0.39 is 0 Å². The van der Waals surface area contributed by atoms with Crippen LogP contribution in [0.3, 0.4) is 0 Å². The largest absolute Gasteiger partial charge is 0.391 e. The van der Waals surface area contributed by atoms with Gasteiger partial charge in [0.15, 0.2) is 0 Å². The van der Waals surface area contributed by atoms with Crippen LogP contribution in [0.5, 0.6) is 0 Å². The van der Waals surface area contributed by atoms with E-state index in [4.69, 9.17) is 4.74 Å². The third-order valence-corrected chi connectivity index (χ3v) is 7.41. The molecule has 160 valence electrons. The summed E-state index contributed by atoms with van der Waals surface area (Å²) in [5.41, 5.74) is 1.69. The molecule has 1 aliphatic carbocycles. The second-order valence-corrected chi connectivity index (χ2v) is 9.50. The Labute approximate surface area is 175 Å². The monoisotopic (exact) mass is 400 g/mol. The number of methoxy groups -OCH3 is 1. The van der Waals surface area contributed by atoms with Crippen LogP contribution in [0.25, 0.3) is 0 Å². The number of nitrogens with zero attached hydrogens (tertiary/aromatic N) is 2. The predicted octanol–water partition coefficient (Wildman–Crippen LogP) is 3.88. The van der Waals surface area contributed by atoms with Crippen molar-refractivity contribution in [2.75, 3.05) is 39.9 Å². The van der Waals surface area contributed by atoms with Crippen LogP contribution in [0.15, 0.2) is 30.3 Å². The first-order valence-electron chi connectivity index (χ1n) is 11.4. The van der Waals surface area contributed by atoms with E-state index in [9.17, 15) is 9.90 Å². The number of β-amino-alcohol motifs (C(OH)–C–C–N with tert-alkyl or cyclic N) is 1. The number of aliphatic hydroxyl groups is 1. The number of hydrogen-bond acceptors (Lipinski definition) is 3. The molecular formula is C24H36N2O3. The van der Waals surface area contributed by atoms with Crippen LogP contribution in [0.2, 0.25) is 0 Å². The molecule has 2 heterocycles. The lowest BCUT2D eigenvalue weighted by Gasteiger charge is -2.43. The molecular weight excluding hydrogens is 364 g/mol. The minimum Gasteiger partial charge on any atom is -0.391 e. The lowest BCUT2D eigenvalue weighted by molar-refractivity contribution is 0.0127. The van der Waals surface area contributed by atoms with Gasteiger partial charge in [0.25, 0.3) is 0 Å². The summed E-state index contributed by atoms with van der Waals surface area (Å²) in [5, 5.41) is 9.88. The van der Waals surface area contributed by atoms with E-state index in [0.717, 1.165) is 63.8 Å². The summed E-state index contributed by atoms with van der Waals surface area (Å²) in [5.74, 6) is 1.55. The first-order chi connectivity index (χ1) is 14.1. The van der Waals surface area contributed by atoms with E-state index in [1.165, 1.54) is 24.8 Å². The summed E-state index contributed by atoms with van der Waals surface area (Å²) < 4.78 is 5.63. The molecule has 0 aromatic heterocycles. The molecule has 3 aliphatic rings. The summed E-state index contributed by atoms with van der Waals surface area (Å²) >= 11 is 0. The summed E-state index contributed by atoms with van der Waals surface area (Å²) in [6.07, 6.45) is 7.16. The molecule has 2 amide bonds. The number of aliphatic hydroxyl groups excluding tert-OH is 1. The lowest BCUT2D eigenvalue weighted by Crippen LogP contribution is -2.52. The van der Waals surface area contributed by atoms with Crippen LogP contribution in [0.1, 0.15) is 56.4 Å². The van der Waals surface area contributed by atoms with Gasteiger partial charge in [0.1, 0.15) is 0 Å². The number of carbonyl (C=O) groups is 1. The van der Waals surface area contributed by atoms with Crippen molar-refractivity contribution in [1.82, 2.24) is 9.80 Å². The van der Waals surface area contributed by atoms with Gasteiger partial charge in [-0.1, -0.05) is 30.3 Å². The van der Waals surface area contributed by atoms with Crippen LogP contribution in [-0.4, -0.2) is 66.9 Å². The zero-order valence-electron chi connectivity index (χ0n) is 17.8. The van der Waals surface area contributed by atoms with Gasteiger partial charge < -0.3 is 19.6 Å². The highest BCUT2D eigenvalue weighted by atomic mass is 16.5. The third kappa shape index (κ3) is 4.95. The Balaban J connectivity index is 1.28. The number of piperidine rings is 2. The molecule has 1 aromatic carbocycles. The molecule has 0 radical (unpaired) electrons. The maximum atomic E-state index is 12.9. The fourth-order valence-corrected chi connectivity index (χ4v) is 5.44. The maximum absolute atomic E-state index is 12.9. The SMILES string of the molecule is COCC1(CC[C@@H]2CC2c2ccccc2)CCN(C(=O)N2CCC[C@@H](O)C2)CC1. The Kier molecular flexibility index (Phi) is 6.45. The van der Waals surface area contributed by atoms with Crippen LogP contribution >= 0.6 is 0 Å². The van der Waals surface area contributed by atoms with Gasteiger partial charge >= 0.3 is 6.03 Å². The van der Waals surface area contributed by atoms with E-state index in [1.807, 2.05) is 9.80 Å². The van der Waals surface area contributed by atoms with Crippen molar-refractivity contribution >= 4 is 6.03 Å². The third-order valence-electron chi connectivity index (χ3n) is 7.41. The lowest BCUT2D eigenvalue weighted by atomic mass is 9.75. The standard InChI is InChI=1S/C24H36N2O3/c1-29-18-24(10-9-20-16-22(20)19-6-3-2-4-7-19)11-14-25(15-12-24)23(28)26-13-5-8-21(27)17-26/h2-4,6-7,20-22,27H,5,8-18H2,1H3/t20-,21-,22?/m1/s1. The number of amides is 2. The number of urea groups is 1. The van der Waals surface area contributed by atoms with Gasteiger partial charge in [-0.2, -0.15) is 0 Å². The minimum absolute atomic E-state index is 0.112. The fourth-order valence-electron chi connectivity index (χ4n) is 5.44. The number of benzene rings is 1. The highest BCUT2D eigenvalue weighted by Gasteiger charge is 2.42. The van der Waals surface area contributed by atoms with Crippen LogP contribution < -0.4 is 0 Å². The summed E-state index contributed by atoms with van der Waals surface area (Å²) in [7, 11) is 1.80. The van der Waals surface area contributed by atoms with E-state index in [2.05, 4.69) is 30.3 Å². The molecule has 1 saturated carbocycles. The summed E-state index contributed by atoms with van der Waals surface area (Å²) in [4.78, 5) is 16.7. The quantitative estimate of drug-likeness (QED) is 0.789. The van der Waals surface area contributed by atoms with Gasteiger partial charge in [-0.05, 0) is 67.8 Å². The molecule has 2 aliphatic heterocycles. The molecule has 2 saturated heterocycles. The first-order valence-corrected chi connectivity index (χ1v) is 11.4. The number of carbonyl (C=O) groups excluding carboxylic acids is 1. The molecule has 0 bridgehead atoms. The number of likely N-dealkylation sites (tertiary alicyclic amines) is 2. The Hall–Kier alpha value is -1.59. The summed E-state index contributed by atoms with van der Waals surface area (Å²) in [6.45, 7) is 3.67. The van der Waals surface area contributed by atoms with Gasteiger partial charge in [0, 0.05) is 33.3 Å². The molecule has 1 N–H and O–H groups in total. The molecule has 3 fully saturated rings. The maximum Gasteiger partial charge on any atom is 0.320 e. The molecule has 3 atom stereocenters. The van der Waals surface area contributed by atoms with E-state index in [0.29, 0.717) is 6.54 Å². The Morgan fingerprint density at radius 2 is 1.93 bits per heavy atom. The fraction of sp³-hybridized carbons (Fsp3) is 0.708. The Morgan fingerprint density at radius 3 is 2.62 bits per heavy atom. The van der Waals surface area contributed by atoms with Crippen molar-refractivity contribution in [2.45, 2.75) is 57.0 Å². The predicted molar refractivity (Wildman–Crippen MR) is 114 cm³/mol. The Bertz CT molecular complexity index is 672. The van der Waals surface area contributed by atoms with Gasteiger partial charge in [0.2, 0.25) is 0 Å². The molecule has 29 heavy (non-hydrogen) atoms. The molecule has 4 rings (SSSR count). The van der Waals surface area contributed by atoms with E-state index in [1.54, 1.807) is 7.11 Å². The average molecular weight is 401 g/mol. The second-order valence-electron chi connectivity index (χ2n) is 9.50. The first kappa shape index (κ1) is 20.7. The smallest absolute Gasteiger partial charge is 0.320 e. The van der Waals surface area contributed by atoms with Crippen molar-refractivity contribution in [2.24, 2.45) is 11.3 Å². The molecule has 1 aromatic rings. The second kappa shape index (κ2) is 9.05. The van der Waals surface area contributed by atoms with Gasteiger partial charge in [-0.15, -0.1) is 0 Å². The zero-order chi connectivity index (χ0) is 20.3. The van der Waals surface area contributed by atoms with E-state index >= 15 is 0 Å². The van der Waals surface area contributed by atoms with E-state index in [-0.39, 0.29) is 17.6 Å². The average Bonchev–Trinajstić information content (AvgIpc) is 3.53. The zero-order valence-corrected chi connectivity index (χ0v) is 17.8.